The quantitative estimate of drug-likeness (QED) is 0.613. The molecule has 4 rings (SSSR count). The summed E-state index contributed by atoms with van der Waals surface area (Å²) in [5, 5.41) is 13.7. The number of nitrogens with zero attached hydrogens (tertiary/aromatic N) is 5. The summed E-state index contributed by atoms with van der Waals surface area (Å²) in [6, 6.07) is 7.29. The Labute approximate surface area is 177 Å². The average molecular weight is 422 g/mol. The van der Waals surface area contributed by atoms with E-state index in [2.05, 4.69) is 38.3 Å². The fourth-order valence-corrected chi connectivity index (χ4v) is 4.73. The predicted octanol–water partition coefficient (Wildman–Crippen LogP) is 4.08. The number of nitriles is 1. The van der Waals surface area contributed by atoms with Crippen LogP contribution < -0.4 is 11.1 Å². The number of rotatable bonds is 3. The van der Waals surface area contributed by atoms with Crippen molar-refractivity contribution in [1.82, 2.24) is 15.0 Å². The molecular formula is C21H20FN7S. The Balaban J connectivity index is 1.76. The van der Waals surface area contributed by atoms with Crippen LogP contribution in [0.15, 0.2) is 41.8 Å². The van der Waals surface area contributed by atoms with Gasteiger partial charge in [0.2, 0.25) is 5.95 Å². The van der Waals surface area contributed by atoms with E-state index in [-0.39, 0.29) is 11.2 Å². The van der Waals surface area contributed by atoms with Crippen molar-refractivity contribution in [2.75, 3.05) is 5.32 Å². The van der Waals surface area contributed by atoms with Crippen LogP contribution in [0.4, 0.5) is 15.9 Å². The standard InChI is InChI=1S/C21H20FN7S/c1-11-12(2)30-20(24)29-21(11,3)16-7-15(10-27-18(16)22)28-19-17-14(4-5-25-19)6-13(8-23)9-26-17/h4-7,9-12H,1-3H3,(H2,24,29)(H,25,28)/t11-,12+,21+/m1/s1. The van der Waals surface area contributed by atoms with Crippen LogP contribution in [0.2, 0.25) is 0 Å². The number of thioether (sulfide) groups is 1. The van der Waals surface area contributed by atoms with Crippen molar-refractivity contribution in [3.05, 3.63) is 53.9 Å². The minimum atomic E-state index is -0.838. The fraction of sp³-hybridized carbons (Fsp3) is 0.286. The molecule has 3 aromatic heterocycles. The van der Waals surface area contributed by atoms with Crippen LogP contribution in [0.1, 0.15) is 31.9 Å². The molecule has 0 spiro atoms. The molecule has 1 aliphatic rings. The molecule has 3 N–H and O–H groups in total. The first-order valence-corrected chi connectivity index (χ1v) is 10.3. The van der Waals surface area contributed by atoms with Gasteiger partial charge in [-0.1, -0.05) is 25.6 Å². The Hall–Kier alpha value is -3.25. The van der Waals surface area contributed by atoms with Crippen LogP contribution in [0.3, 0.4) is 0 Å². The van der Waals surface area contributed by atoms with Crippen molar-refractivity contribution in [3.8, 4) is 6.07 Å². The molecule has 0 fully saturated rings. The number of nitrogens with two attached hydrogens (primary N) is 1. The molecule has 152 valence electrons. The Morgan fingerprint density at radius 3 is 2.80 bits per heavy atom. The zero-order valence-corrected chi connectivity index (χ0v) is 17.5. The molecule has 1 aliphatic heterocycles. The van der Waals surface area contributed by atoms with Crippen molar-refractivity contribution in [2.45, 2.75) is 31.6 Å². The van der Waals surface area contributed by atoms with Gasteiger partial charge in [-0.2, -0.15) is 9.65 Å². The molecule has 0 saturated heterocycles. The van der Waals surface area contributed by atoms with Gasteiger partial charge in [-0.15, -0.1) is 0 Å². The lowest BCUT2D eigenvalue weighted by atomic mass is 9.79. The summed E-state index contributed by atoms with van der Waals surface area (Å²) < 4.78 is 14.8. The van der Waals surface area contributed by atoms with E-state index in [1.54, 1.807) is 24.4 Å². The monoisotopic (exact) mass is 421 g/mol. The van der Waals surface area contributed by atoms with Gasteiger partial charge in [-0.3, -0.25) is 9.98 Å². The van der Waals surface area contributed by atoms with Gasteiger partial charge in [0.25, 0.3) is 0 Å². The molecule has 0 unspecified atom stereocenters. The number of fused-ring (bicyclic) bond motifs is 1. The van der Waals surface area contributed by atoms with Crippen molar-refractivity contribution in [1.29, 1.82) is 5.26 Å². The Bertz CT molecular complexity index is 1210. The number of amidine groups is 1. The smallest absolute Gasteiger partial charge is 0.218 e. The second-order valence-corrected chi connectivity index (χ2v) is 8.86. The van der Waals surface area contributed by atoms with E-state index in [0.29, 0.717) is 33.3 Å². The van der Waals surface area contributed by atoms with Gasteiger partial charge >= 0.3 is 0 Å². The summed E-state index contributed by atoms with van der Waals surface area (Å²) in [7, 11) is 0. The normalized spacial score (nSPS) is 23.6. The van der Waals surface area contributed by atoms with Gasteiger partial charge in [-0.05, 0) is 31.0 Å². The first-order chi connectivity index (χ1) is 14.3. The average Bonchev–Trinajstić information content (AvgIpc) is 2.73. The molecule has 3 atom stereocenters. The molecule has 0 saturated carbocycles. The molecule has 0 bridgehead atoms. The van der Waals surface area contributed by atoms with Crippen LogP contribution in [0.5, 0.6) is 0 Å². The molecule has 0 radical (unpaired) electrons. The molecule has 4 heterocycles. The summed E-state index contributed by atoms with van der Waals surface area (Å²) in [6.07, 6.45) is 4.52. The second kappa shape index (κ2) is 7.54. The van der Waals surface area contributed by atoms with E-state index >= 15 is 0 Å². The lowest BCUT2D eigenvalue weighted by Crippen LogP contribution is -2.41. The van der Waals surface area contributed by atoms with E-state index in [1.165, 1.54) is 24.2 Å². The first-order valence-electron chi connectivity index (χ1n) is 9.41. The number of halogens is 1. The Morgan fingerprint density at radius 1 is 1.23 bits per heavy atom. The van der Waals surface area contributed by atoms with E-state index in [1.807, 2.05) is 13.8 Å². The van der Waals surface area contributed by atoms with Gasteiger partial charge in [0.1, 0.15) is 11.6 Å². The third kappa shape index (κ3) is 3.44. The molecule has 0 amide bonds. The summed E-state index contributed by atoms with van der Waals surface area (Å²) >= 11 is 1.49. The van der Waals surface area contributed by atoms with Gasteiger partial charge < -0.3 is 11.1 Å². The molecule has 0 aliphatic carbocycles. The first kappa shape index (κ1) is 20.0. The minimum Gasteiger partial charge on any atom is -0.379 e. The number of aliphatic imine (C=N–C) groups is 1. The Kier molecular flexibility index (Phi) is 5.03. The van der Waals surface area contributed by atoms with Crippen LogP contribution >= 0.6 is 11.8 Å². The van der Waals surface area contributed by atoms with Gasteiger partial charge in [0, 0.05) is 28.6 Å². The number of nitrogens with one attached hydrogen (secondary N) is 1. The van der Waals surface area contributed by atoms with E-state index in [4.69, 9.17) is 11.0 Å². The van der Waals surface area contributed by atoms with Crippen LogP contribution in [0, 0.1) is 23.2 Å². The van der Waals surface area contributed by atoms with Crippen LogP contribution in [-0.4, -0.2) is 25.4 Å². The van der Waals surface area contributed by atoms with Crippen LogP contribution in [0.25, 0.3) is 10.9 Å². The minimum absolute atomic E-state index is 0.0445. The molecule has 0 aromatic carbocycles. The maximum atomic E-state index is 14.8. The van der Waals surface area contributed by atoms with Gasteiger partial charge in [-0.25, -0.2) is 9.97 Å². The largest absolute Gasteiger partial charge is 0.379 e. The lowest BCUT2D eigenvalue weighted by Gasteiger charge is -2.39. The molecule has 30 heavy (non-hydrogen) atoms. The third-order valence-corrected chi connectivity index (χ3v) is 6.73. The SMILES string of the molecule is C[C@@H]1SC(N)=N[C@](C)(c2cc(Nc3nccc4cc(C#N)cnc34)cnc2F)[C@@H]1C. The number of anilines is 2. The zero-order valence-electron chi connectivity index (χ0n) is 16.7. The van der Waals surface area contributed by atoms with Crippen LogP contribution in [-0.2, 0) is 5.54 Å². The second-order valence-electron chi connectivity index (χ2n) is 7.46. The molecule has 7 nitrogen and oxygen atoms in total. The highest BCUT2D eigenvalue weighted by Crippen LogP contribution is 2.44. The van der Waals surface area contributed by atoms with Crippen molar-refractivity contribution in [2.24, 2.45) is 16.6 Å². The summed E-state index contributed by atoms with van der Waals surface area (Å²) in [5.41, 5.74) is 7.17. The third-order valence-electron chi connectivity index (χ3n) is 5.62. The summed E-state index contributed by atoms with van der Waals surface area (Å²) in [5.74, 6) is -0.0403. The lowest BCUT2D eigenvalue weighted by molar-refractivity contribution is 0.309. The van der Waals surface area contributed by atoms with E-state index in [0.717, 1.165) is 5.39 Å². The highest BCUT2D eigenvalue weighted by Gasteiger charge is 2.42. The fourth-order valence-electron chi connectivity index (χ4n) is 3.63. The van der Waals surface area contributed by atoms with Gasteiger partial charge in [0.05, 0.1) is 23.0 Å². The Morgan fingerprint density at radius 2 is 2.03 bits per heavy atom. The topological polar surface area (TPSA) is 113 Å². The highest BCUT2D eigenvalue weighted by molar-refractivity contribution is 8.14. The van der Waals surface area contributed by atoms with Crippen molar-refractivity contribution in [3.63, 3.8) is 0 Å². The number of pyridine rings is 3. The number of hydrogen-bond acceptors (Lipinski definition) is 8. The van der Waals surface area contributed by atoms with Crippen molar-refractivity contribution < 1.29 is 4.39 Å². The summed E-state index contributed by atoms with van der Waals surface area (Å²) in [6.45, 7) is 5.98. The zero-order chi connectivity index (χ0) is 21.5. The molecule has 9 heteroatoms. The highest BCUT2D eigenvalue weighted by atomic mass is 32.2. The molecular weight excluding hydrogens is 401 g/mol. The number of aromatic nitrogens is 3. The van der Waals surface area contributed by atoms with Gasteiger partial charge in [0.15, 0.2) is 11.0 Å². The predicted molar refractivity (Wildman–Crippen MR) is 117 cm³/mol. The van der Waals surface area contributed by atoms with E-state index in [9.17, 15) is 4.39 Å². The number of hydrogen-bond donors (Lipinski definition) is 2. The van der Waals surface area contributed by atoms with E-state index < -0.39 is 11.5 Å². The maximum Gasteiger partial charge on any atom is 0.218 e. The van der Waals surface area contributed by atoms with Crippen molar-refractivity contribution >= 4 is 39.3 Å². The molecule has 3 aromatic rings. The maximum absolute atomic E-state index is 14.8. The summed E-state index contributed by atoms with van der Waals surface area (Å²) in [4.78, 5) is 17.2.